The van der Waals surface area contributed by atoms with Crippen molar-refractivity contribution in [1.29, 1.82) is 0 Å². The highest BCUT2D eigenvalue weighted by Gasteiger charge is 2.35. The zero-order chi connectivity index (χ0) is 32.9. The van der Waals surface area contributed by atoms with Crippen LogP contribution in [0.2, 0.25) is 0 Å². The molecular formula is C45H87N. The summed E-state index contributed by atoms with van der Waals surface area (Å²) in [4.78, 5) is 2.22. The van der Waals surface area contributed by atoms with Crippen LogP contribution in [0.4, 0.5) is 0 Å². The zero-order valence-electron chi connectivity index (χ0n) is 32.5. The van der Waals surface area contributed by atoms with Crippen LogP contribution in [0.1, 0.15) is 232 Å². The molecule has 0 amide bonds. The molecule has 0 N–H and O–H groups in total. The third-order valence-corrected chi connectivity index (χ3v) is 12.0. The normalized spacial score (nSPS) is 21.3. The molecule has 2 rings (SSSR count). The molecule has 0 bridgehead atoms. The van der Waals surface area contributed by atoms with E-state index in [0.29, 0.717) is 0 Å². The molecule has 0 spiro atoms. The van der Waals surface area contributed by atoms with Crippen molar-refractivity contribution < 1.29 is 0 Å². The maximum absolute atomic E-state index is 2.70. The summed E-state index contributed by atoms with van der Waals surface area (Å²) in [5.41, 5.74) is 0. The van der Waals surface area contributed by atoms with Crippen LogP contribution in [0, 0.1) is 42.6 Å². The second kappa shape index (κ2) is 29.8. The molecular weight excluding hydrogens is 555 g/mol. The first kappa shape index (κ1) is 42.1. The number of unbranched alkanes of at least 4 members (excludes halogenated alkanes) is 21. The lowest BCUT2D eigenvalue weighted by molar-refractivity contribution is 0.422. The van der Waals surface area contributed by atoms with Gasteiger partial charge in [-0.2, -0.15) is 0 Å². The van der Waals surface area contributed by atoms with Gasteiger partial charge >= 0.3 is 0 Å². The Hall–Kier alpha value is -0.0400. The topological polar surface area (TPSA) is 3.24 Å². The summed E-state index contributed by atoms with van der Waals surface area (Å²) in [5.74, 6) is 5.34. The van der Waals surface area contributed by atoms with E-state index in [9.17, 15) is 0 Å². The molecule has 0 aromatic rings. The van der Waals surface area contributed by atoms with Gasteiger partial charge in [-0.25, -0.2) is 0 Å². The second-order valence-electron chi connectivity index (χ2n) is 16.7. The summed E-state index contributed by atoms with van der Waals surface area (Å²) in [6.45, 7) is 6.99. The maximum atomic E-state index is 2.70. The van der Waals surface area contributed by atoms with Crippen molar-refractivity contribution in [2.75, 3.05) is 14.1 Å². The van der Waals surface area contributed by atoms with Gasteiger partial charge in [0.25, 0.3) is 0 Å². The van der Waals surface area contributed by atoms with Crippen LogP contribution in [0.3, 0.4) is 0 Å². The summed E-state index contributed by atoms with van der Waals surface area (Å²) in [7, 11) is 4.33. The van der Waals surface area contributed by atoms with Gasteiger partial charge in [-0.05, 0) is 75.8 Å². The molecule has 0 saturated heterocycles. The van der Waals surface area contributed by atoms with E-state index < -0.39 is 0 Å². The van der Waals surface area contributed by atoms with Gasteiger partial charge in [0.15, 0.2) is 0 Å². The first-order chi connectivity index (χ1) is 22.6. The minimum Gasteiger partial charge on any atom is -0.305 e. The number of nitrogens with zero attached hydrogens (tertiary/aromatic N) is 1. The lowest BCUT2D eigenvalue weighted by Gasteiger charge is -2.17. The van der Waals surface area contributed by atoms with Crippen LogP contribution in [0.25, 0.3) is 0 Å². The first-order valence-corrected chi connectivity index (χ1v) is 22.0. The zero-order valence-corrected chi connectivity index (χ0v) is 32.5. The highest BCUT2D eigenvalue weighted by molar-refractivity contribution is 4.86. The van der Waals surface area contributed by atoms with E-state index in [-0.39, 0.29) is 0 Å². The molecule has 0 heterocycles. The smallest absolute Gasteiger partial charge is 0.0245 e. The monoisotopic (exact) mass is 642 g/mol. The molecule has 1 nitrogen and oxygen atoms in total. The Kier molecular flexibility index (Phi) is 27.3. The van der Waals surface area contributed by atoms with E-state index in [1.807, 2.05) is 0 Å². The fraction of sp³-hybridized carbons (Fsp3) is 0.956. The molecule has 4 atom stereocenters. The third-order valence-electron chi connectivity index (χ3n) is 12.0. The molecule has 1 heteroatoms. The van der Waals surface area contributed by atoms with E-state index in [2.05, 4.69) is 45.8 Å². The van der Waals surface area contributed by atoms with Gasteiger partial charge in [0.1, 0.15) is 0 Å². The Morgan fingerprint density at radius 3 is 1.11 bits per heavy atom. The van der Waals surface area contributed by atoms with Crippen molar-refractivity contribution in [3.8, 4) is 0 Å². The molecule has 2 radical (unpaired) electrons. The fourth-order valence-electron chi connectivity index (χ4n) is 8.49. The molecule has 2 saturated carbocycles. The van der Waals surface area contributed by atoms with Crippen molar-refractivity contribution in [3.63, 3.8) is 0 Å². The van der Waals surface area contributed by atoms with Crippen LogP contribution < -0.4 is 0 Å². The van der Waals surface area contributed by atoms with Crippen LogP contribution in [-0.2, 0) is 0 Å². The summed E-state index contributed by atoms with van der Waals surface area (Å²) in [6.07, 6.45) is 52.8. The van der Waals surface area contributed by atoms with Crippen molar-refractivity contribution >= 4 is 0 Å². The standard InChI is InChI=1S/C45H87N/c1-5-7-9-11-19-25-34-42-39-44(42)36-27-21-15-13-17-23-31-41(33-29-30-38-46(3)4)32-24-18-14-16-22-28-37-45-40-43(45)35-26-20-12-10-8-6-2/h33,38,41-45H,5-32,34-37,39-40H2,1-4H3. The second-order valence-corrected chi connectivity index (χ2v) is 16.7. The Labute approximate surface area is 293 Å². The van der Waals surface area contributed by atoms with E-state index in [1.54, 1.807) is 38.5 Å². The van der Waals surface area contributed by atoms with Gasteiger partial charge in [0.2, 0.25) is 0 Å². The average molecular weight is 642 g/mol. The fourth-order valence-corrected chi connectivity index (χ4v) is 8.49. The molecule has 2 fully saturated rings. The predicted octanol–water partition coefficient (Wildman–Crippen LogP) is 15.3. The first-order valence-electron chi connectivity index (χ1n) is 22.0. The van der Waals surface area contributed by atoms with E-state index in [0.717, 1.165) is 29.6 Å². The van der Waals surface area contributed by atoms with E-state index in [4.69, 9.17) is 0 Å². The number of rotatable bonds is 37. The molecule has 272 valence electrons. The molecule has 0 aromatic carbocycles. The van der Waals surface area contributed by atoms with Crippen LogP contribution in [0.15, 0.2) is 0 Å². The minimum atomic E-state index is 0.868. The highest BCUT2D eigenvalue weighted by atomic mass is 15.0. The lowest BCUT2D eigenvalue weighted by atomic mass is 9.89. The molecule has 0 aromatic heterocycles. The van der Waals surface area contributed by atoms with Crippen molar-refractivity contribution in [1.82, 2.24) is 4.90 Å². The molecule has 2 aliphatic rings. The quantitative estimate of drug-likeness (QED) is 0.0610. The lowest BCUT2D eigenvalue weighted by Crippen LogP contribution is -2.08. The Morgan fingerprint density at radius 2 is 0.761 bits per heavy atom. The largest absolute Gasteiger partial charge is 0.305 e. The van der Waals surface area contributed by atoms with E-state index in [1.165, 1.54) is 180 Å². The molecule has 2 aliphatic carbocycles. The minimum absolute atomic E-state index is 0.868. The Bertz CT molecular complexity index is 580. The van der Waals surface area contributed by atoms with Crippen LogP contribution >= 0.6 is 0 Å². The SMILES string of the molecule is CCCCCCCCC1CC1CCCCCCCCC([CH]CC[CH]N(C)C)CCCCCCCCC1CC1CCCCCCCC. The maximum Gasteiger partial charge on any atom is 0.0245 e. The van der Waals surface area contributed by atoms with E-state index >= 15 is 0 Å². The molecule has 46 heavy (non-hydrogen) atoms. The highest BCUT2D eigenvalue weighted by Crippen LogP contribution is 2.46. The predicted molar refractivity (Wildman–Crippen MR) is 208 cm³/mol. The Morgan fingerprint density at radius 1 is 0.435 bits per heavy atom. The summed E-state index contributed by atoms with van der Waals surface area (Å²) < 4.78 is 0. The number of hydrogen-bond acceptors (Lipinski definition) is 1. The Balaban J connectivity index is 1.39. The molecule has 4 unspecified atom stereocenters. The van der Waals surface area contributed by atoms with Crippen molar-refractivity contribution in [2.24, 2.45) is 29.6 Å². The van der Waals surface area contributed by atoms with Gasteiger partial charge in [-0.1, -0.05) is 206 Å². The van der Waals surface area contributed by atoms with Crippen molar-refractivity contribution in [2.45, 2.75) is 232 Å². The summed E-state index contributed by atoms with van der Waals surface area (Å²) >= 11 is 0. The molecule has 0 aliphatic heterocycles. The van der Waals surface area contributed by atoms with Gasteiger partial charge < -0.3 is 4.90 Å². The van der Waals surface area contributed by atoms with Gasteiger partial charge in [0.05, 0.1) is 0 Å². The van der Waals surface area contributed by atoms with Crippen LogP contribution in [-0.4, -0.2) is 19.0 Å². The van der Waals surface area contributed by atoms with Gasteiger partial charge in [-0.15, -0.1) is 0 Å². The number of hydrogen-bond donors (Lipinski definition) is 0. The average Bonchev–Trinajstić information content (AvgIpc) is 3.98. The van der Waals surface area contributed by atoms with Crippen molar-refractivity contribution in [3.05, 3.63) is 13.0 Å². The van der Waals surface area contributed by atoms with Gasteiger partial charge in [0, 0.05) is 6.54 Å². The van der Waals surface area contributed by atoms with Crippen LogP contribution in [0.5, 0.6) is 0 Å². The summed E-state index contributed by atoms with van der Waals surface area (Å²) in [6, 6.07) is 0. The third kappa shape index (κ3) is 25.0. The summed E-state index contributed by atoms with van der Waals surface area (Å²) in [5, 5.41) is 0. The van der Waals surface area contributed by atoms with Gasteiger partial charge in [-0.3, -0.25) is 0 Å².